The van der Waals surface area contributed by atoms with Crippen LogP contribution < -0.4 is 0 Å². The highest BCUT2D eigenvalue weighted by Gasteiger charge is 2.79. The molecule has 1 heterocycles. The standard InChI is InChI=1S/C28H36O9/c1-16-12-13-22(34-18(3)30)27(15-33-17(2)29)24(36-25(32)20-10-8-7-9-11-20)23(35-19(4)31)21-14-28(16,27)37-26(21,5)6/h7-11,16,21-24H,12-15H2,1-6H3/t16-,21+,22+,23+,24-,27+,28+/m1/s1. The lowest BCUT2D eigenvalue weighted by atomic mass is 9.49. The zero-order chi connectivity index (χ0) is 27.2. The Balaban J connectivity index is 1.95. The second kappa shape index (κ2) is 9.74. The fourth-order valence-corrected chi connectivity index (χ4v) is 6.96. The molecule has 0 radical (unpaired) electrons. The van der Waals surface area contributed by atoms with Gasteiger partial charge in [0.1, 0.15) is 24.2 Å². The molecule has 202 valence electrons. The fourth-order valence-electron chi connectivity index (χ4n) is 6.96. The Kier molecular flexibility index (Phi) is 7.14. The quantitative estimate of drug-likeness (QED) is 0.413. The van der Waals surface area contributed by atoms with Gasteiger partial charge >= 0.3 is 23.9 Å². The highest BCUT2D eigenvalue weighted by atomic mass is 16.6. The minimum absolute atomic E-state index is 0.0599. The lowest BCUT2D eigenvalue weighted by molar-refractivity contribution is -0.288. The van der Waals surface area contributed by atoms with E-state index < -0.39 is 58.8 Å². The number of carbonyl (C=O) groups excluding carboxylic acids is 4. The summed E-state index contributed by atoms with van der Waals surface area (Å²) in [5.74, 6) is -2.62. The van der Waals surface area contributed by atoms with Crippen LogP contribution in [0.1, 0.15) is 71.2 Å². The number of ether oxygens (including phenoxy) is 5. The van der Waals surface area contributed by atoms with Crippen molar-refractivity contribution in [3.05, 3.63) is 35.9 Å². The Labute approximate surface area is 217 Å². The summed E-state index contributed by atoms with van der Waals surface area (Å²) < 4.78 is 30.6. The van der Waals surface area contributed by atoms with Crippen molar-refractivity contribution in [2.24, 2.45) is 17.3 Å². The summed E-state index contributed by atoms with van der Waals surface area (Å²) in [5, 5.41) is 0. The van der Waals surface area contributed by atoms with E-state index in [9.17, 15) is 19.2 Å². The van der Waals surface area contributed by atoms with Crippen LogP contribution in [0.4, 0.5) is 0 Å². The van der Waals surface area contributed by atoms with E-state index in [1.165, 1.54) is 20.8 Å². The first-order chi connectivity index (χ1) is 17.3. The van der Waals surface area contributed by atoms with Crippen molar-refractivity contribution in [2.45, 2.75) is 90.3 Å². The maximum atomic E-state index is 13.5. The summed E-state index contributed by atoms with van der Waals surface area (Å²) in [6.45, 7) is 9.55. The van der Waals surface area contributed by atoms with Crippen molar-refractivity contribution in [3.8, 4) is 0 Å². The predicted octanol–water partition coefficient (Wildman–Crippen LogP) is 3.62. The molecular formula is C28H36O9. The molecule has 2 aliphatic carbocycles. The SMILES string of the molecule is CC(=O)OC[C@@]12[C@@H](OC(C)=O)CC[C@@H](C)[C@@]13C[C@@H]([C@H](OC(C)=O)[C@H]2OC(=O)c1ccccc1)C(C)(C)O3. The molecular weight excluding hydrogens is 480 g/mol. The van der Waals surface area contributed by atoms with Crippen LogP contribution in [0.3, 0.4) is 0 Å². The largest absolute Gasteiger partial charge is 0.465 e. The molecule has 37 heavy (non-hydrogen) atoms. The minimum atomic E-state index is -1.32. The van der Waals surface area contributed by atoms with Crippen molar-refractivity contribution in [1.29, 1.82) is 0 Å². The van der Waals surface area contributed by atoms with Gasteiger partial charge in [0.25, 0.3) is 0 Å². The molecule has 0 aromatic heterocycles. The molecule has 7 atom stereocenters. The van der Waals surface area contributed by atoms with Crippen LogP contribution in [0.2, 0.25) is 0 Å². The van der Waals surface area contributed by atoms with Crippen LogP contribution in [-0.2, 0) is 38.1 Å². The van der Waals surface area contributed by atoms with Gasteiger partial charge in [-0.25, -0.2) is 4.79 Å². The molecule has 0 N–H and O–H groups in total. The molecule has 0 amide bonds. The van der Waals surface area contributed by atoms with Gasteiger partial charge in [-0.1, -0.05) is 25.1 Å². The van der Waals surface area contributed by atoms with E-state index in [4.69, 9.17) is 23.7 Å². The molecule has 2 saturated carbocycles. The number of benzene rings is 1. The first-order valence-electron chi connectivity index (χ1n) is 12.8. The Morgan fingerprint density at radius 2 is 1.57 bits per heavy atom. The average Bonchev–Trinajstić information content (AvgIpc) is 3.08. The van der Waals surface area contributed by atoms with Crippen LogP contribution in [-0.4, -0.2) is 60.0 Å². The molecule has 9 heteroatoms. The average molecular weight is 517 g/mol. The normalized spacial score (nSPS) is 35.6. The summed E-state index contributed by atoms with van der Waals surface area (Å²) in [7, 11) is 0. The second-order valence-electron chi connectivity index (χ2n) is 11.1. The summed E-state index contributed by atoms with van der Waals surface area (Å²) in [6.07, 6.45) is -1.28. The van der Waals surface area contributed by atoms with Crippen LogP contribution >= 0.6 is 0 Å². The molecule has 0 unspecified atom stereocenters. The summed E-state index contributed by atoms with van der Waals surface area (Å²) in [6, 6.07) is 8.48. The number of hydrogen-bond donors (Lipinski definition) is 0. The smallest absolute Gasteiger partial charge is 0.338 e. The van der Waals surface area contributed by atoms with Gasteiger partial charge in [0.05, 0.1) is 16.8 Å². The molecule has 1 aliphatic heterocycles. The fraction of sp³-hybridized carbons (Fsp3) is 0.643. The lowest BCUT2D eigenvalue weighted by Gasteiger charge is -2.61. The van der Waals surface area contributed by atoms with Gasteiger partial charge < -0.3 is 23.7 Å². The topological polar surface area (TPSA) is 114 Å². The summed E-state index contributed by atoms with van der Waals surface area (Å²) >= 11 is 0. The van der Waals surface area contributed by atoms with E-state index in [1.54, 1.807) is 30.3 Å². The van der Waals surface area contributed by atoms with E-state index in [1.807, 2.05) is 20.8 Å². The molecule has 2 bridgehead atoms. The van der Waals surface area contributed by atoms with Crippen LogP contribution in [0.5, 0.6) is 0 Å². The van der Waals surface area contributed by atoms with Crippen LogP contribution in [0.15, 0.2) is 30.3 Å². The maximum Gasteiger partial charge on any atom is 0.338 e. The van der Waals surface area contributed by atoms with E-state index in [-0.39, 0.29) is 18.4 Å². The third kappa shape index (κ3) is 4.51. The first-order valence-corrected chi connectivity index (χ1v) is 12.8. The predicted molar refractivity (Wildman–Crippen MR) is 130 cm³/mol. The second-order valence-corrected chi connectivity index (χ2v) is 11.1. The van der Waals surface area contributed by atoms with Gasteiger partial charge in [-0.15, -0.1) is 0 Å². The highest BCUT2D eigenvalue weighted by Crippen LogP contribution is 2.67. The zero-order valence-electron chi connectivity index (χ0n) is 22.3. The molecule has 1 aromatic carbocycles. The molecule has 3 aliphatic rings. The van der Waals surface area contributed by atoms with E-state index in [0.29, 0.717) is 24.8 Å². The number of carbonyl (C=O) groups is 4. The maximum absolute atomic E-state index is 13.5. The first kappa shape index (κ1) is 27.1. The van der Waals surface area contributed by atoms with E-state index in [0.717, 1.165) is 0 Å². The Hall–Kier alpha value is -2.94. The molecule has 9 nitrogen and oxygen atoms in total. The third-order valence-electron chi connectivity index (χ3n) is 8.45. The summed E-state index contributed by atoms with van der Waals surface area (Å²) in [4.78, 5) is 50.3. The molecule has 3 fully saturated rings. The van der Waals surface area contributed by atoms with Crippen molar-refractivity contribution in [2.75, 3.05) is 6.61 Å². The summed E-state index contributed by atoms with van der Waals surface area (Å²) in [5.41, 5.74) is -2.77. The van der Waals surface area contributed by atoms with Crippen LogP contribution in [0.25, 0.3) is 0 Å². The third-order valence-corrected chi connectivity index (χ3v) is 8.45. The van der Waals surface area contributed by atoms with Gasteiger partial charge in [0.2, 0.25) is 0 Å². The van der Waals surface area contributed by atoms with Gasteiger partial charge in [0, 0.05) is 26.7 Å². The minimum Gasteiger partial charge on any atom is -0.465 e. The molecule has 1 saturated heterocycles. The van der Waals surface area contributed by atoms with Gasteiger partial charge in [-0.05, 0) is 51.2 Å². The number of esters is 4. The Bertz CT molecular complexity index is 1070. The van der Waals surface area contributed by atoms with Crippen LogP contribution in [0, 0.1) is 17.3 Å². The molecule has 4 rings (SSSR count). The zero-order valence-corrected chi connectivity index (χ0v) is 22.3. The van der Waals surface area contributed by atoms with Crippen molar-refractivity contribution >= 4 is 23.9 Å². The Morgan fingerprint density at radius 1 is 0.919 bits per heavy atom. The van der Waals surface area contributed by atoms with Gasteiger partial charge in [-0.2, -0.15) is 0 Å². The van der Waals surface area contributed by atoms with Gasteiger partial charge in [-0.3, -0.25) is 14.4 Å². The lowest BCUT2D eigenvalue weighted by Crippen LogP contribution is -2.74. The van der Waals surface area contributed by atoms with Crippen molar-refractivity contribution < 1.29 is 42.9 Å². The number of rotatable bonds is 6. The monoisotopic (exact) mass is 516 g/mol. The molecule has 1 spiro atoms. The van der Waals surface area contributed by atoms with E-state index >= 15 is 0 Å². The van der Waals surface area contributed by atoms with E-state index in [2.05, 4.69) is 0 Å². The van der Waals surface area contributed by atoms with Gasteiger partial charge in [0.15, 0.2) is 6.10 Å². The highest BCUT2D eigenvalue weighted by molar-refractivity contribution is 5.89. The van der Waals surface area contributed by atoms with Crippen molar-refractivity contribution in [1.82, 2.24) is 0 Å². The number of hydrogen-bond acceptors (Lipinski definition) is 9. The van der Waals surface area contributed by atoms with Crippen molar-refractivity contribution in [3.63, 3.8) is 0 Å². The molecule has 1 aromatic rings. The number of fused-ring (bicyclic) bond motifs is 1. The Morgan fingerprint density at radius 3 is 2.16 bits per heavy atom.